The summed E-state index contributed by atoms with van der Waals surface area (Å²) in [5.74, 6) is 0.373. The maximum absolute atomic E-state index is 12.7. The fourth-order valence-electron chi connectivity index (χ4n) is 4.43. The minimum absolute atomic E-state index is 0.138. The van der Waals surface area contributed by atoms with Gasteiger partial charge in [0.15, 0.2) is 11.6 Å². The van der Waals surface area contributed by atoms with Crippen molar-refractivity contribution >= 4 is 11.6 Å². The molecule has 190 valence electrons. The van der Waals surface area contributed by atoms with E-state index in [-0.39, 0.29) is 18.0 Å². The number of carbonyl (C=O) groups is 2. The van der Waals surface area contributed by atoms with Gasteiger partial charge in [-0.25, -0.2) is 0 Å². The van der Waals surface area contributed by atoms with Gasteiger partial charge in [0.05, 0.1) is 13.0 Å². The number of aryl methyl sites for hydroxylation is 1. The lowest BCUT2D eigenvalue weighted by Crippen LogP contribution is -2.08. The molecule has 36 heavy (non-hydrogen) atoms. The molecule has 0 saturated heterocycles. The Hall–Kier alpha value is -3.20. The lowest BCUT2D eigenvalue weighted by Gasteiger charge is -2.07. The summed E-state index contributed by atoms with van der Waals surface area (Å²) in [6, 6.07) is 23.2. The van der Waals surface area contributed by atoms with Gasteiger partial charge in [0.25, 0.3) is 0 Å². The topological polar surface area (TPSA) is 43.4 Å². The molecule has 0 amide bonds. The van der Waals surface area contributed by atoms with E-state index in [1.165, 1.54) is 56.9 Å². The Morgan fingerprint density at radius 1 is 0.583 bits per heavy atom. The second-order valence-corrected chi connectivity index (χ2v) is 9.48. The molecule has 0 saturated carbocycles. The first-order chi connectivity index (χ1) is 17.6. The molecule has 0 unspecified atom stereocenters. The zero-order chi connectivity index (χ0) is 25.6. The van der Waals surface area contributed by atoms with Crippen molar-refractivity contribution in [1.29, 1.82) is 0 Å². The van der Waals surface area contributed by atoms with E-state index in [0.29, 0.717) is 17.7 Å². The highest BCUT2D eigenvalue weighted by atomic mass is 16.5. The molecule has 3 aromatic rings. The number of carbonyl (C=O) groups excluding carboxylic acids is 2. The lowest BCUT2D eigenvalue weighted by atomic mass is 9.97. The molecule has 3 rings (SSSR count). The van der Waals surface area contributed by atoms with E-state index < -0.39 is 0 Å². The summed E-state index contributed by atoms with van der Waals surface area (Å²) in [6.45, 7) is 4.75. The fraction of sp³-hybridized carbons (Fsp3) is 0.394. The van der Waals surface area contributed by atoms with Crippen molar-refractivity contribution in [2.45, 2.75) is 78.1 Å². The van der Waals surface area contributed by atoms with Gasteiger partial charge >= 0.3 is 0 Å². The largest absolute Gasteiger partial charge is 0.494 e. The maximum atomic E-state index is 12.7. The molecule has 0 aliphatic rings. The van der Waals surface area contributed by atoms with Gasteiger partial charge in [-0.1, -0.05) is 100 Å². The van der Waals surface area contributed by atoms with Crippen molar-refractivity contribution in [3.63, 3.8) is 0 Å². The van der Waals surface area contributed by atoms with Gasteiger partial charge in [-0.3, -0.25) is 9.59 Å². The smallest absolute Gasteiger partial charge is 0.170 e. The third kappa shape index (κ3) is 8.78. The summed E-state index contributed by atoms with van der Waals surface area (Å²) in [6.07, 6.45) is 11.7. The average molecular weight is 485 g/mol. The van der Waals surface area contributed by atoms with Crippen molar-refractivity contribution in [1.82, 2.24) is 0 Å². The summed E-state index contributed by atoms with van der Waals surface area (Å²) in [7, 11) is 0. The molecule has 0 bridgehead atoms. The second kappa shape index (κ2) is 15.0. The number of unbranched alkanes of at least 4 members (excludes halogenated alkanes) is 7. The molecule has 0 aromatic heterocycles. The highest BCUT2D eigenvalue weighted by molar-refractivity contribution is 6.13. The first kappa shape index (κ1) is 27.4. The predicted octanol–water partition coefficient (Wildman–Crippen LogP) is 8.89. The second-order valence-electron chi connectivity index (χ2n) is 9.48. The van der Waals surface area contributed by atoms with Crippen molar-refractivity contribution in [3.05, 3.63) is 89.5 Å². The molecule has 0 N–H and O–H groups in total. The van der Waals surface area contributed by atoms with Crippen molar-refractivity contribution in [3.8, 4) is 16.9 Å². The van der Waals surface area contributed by atoms with Crippen molar-refractivity contribution in [2.75, 3.05) is 6.61 Å². The van der Waals surface area contributed by atoms with Gasteiger partial charge < -0.3 is 4.74 Å². The summed E-state index contributed by atoms with van der Waals surface area (Å²) in [4.78, 5) is 25.2. The average Bonchev–Trinajstić information content (AvgIpc) is 2.91. The van der Waals surface area contributed by atoms with Gasteiger partial charge in [0, 0.05) is 11.1 Å². The normalized spacial score (nSPS) is 10.8. The SMILES string of the molecule is CCCCCCCCCCc1ccc(-c2ccc(C(=O)CC(=O)c3ccc(OCC)cc3)cc2)cc1. The molecule has 0 fully saturated rings. The van der Waals surface area contributed by atoms with Crippen LogP contribution in [0.2, 0.25) is 0 Å². The molecule has 0 radical (unpaired) electrons. The van der Waals surface area contributed by atoms with E-state index in [1.807, 2.05) is 31.2 Å². The highest BCUT2D eigenvalue weighted by Crippen LogP contribution is 2.22. The van der Waals surface area contributed by atoms with Crippen LogP contribution in [0.25, 0.3) is 11.1 Å². The molecule has 0 atom stereocenters. The van der Waals surface area contributed by atoms with Gasteiger partial charge in [-0.2, -0.15) is 0 Å². The molecule has 3 heteroatoms. The van der Waals surface area contributed by atoms with Crippen LogP contribution in [0.4, 0.5) is 0 Å². The number of hydrogen-bond acceptors (Lipinski definition) is 3. The van der Waals surface area contributed by atoms with E-state index in [0.717, 1.165) is 23.3 Å². The van der Waals surface area contributed by atoms with Crippen LogP contribution in [0.15, 0.2) is 72.8 Å². The first-order valence-electron chi connectivity index (χ1n) is 13.6. The van der Waals surface area contributed by atoms with Crippen LogP contribution in [0.1, 0.15) is 97.9 Å². The zero-order valence-electron chi connectivity index (χ0n) is 21.9. The van der Waals surface area contributed by atoms with Gasteiger partial charge in [-0.15, -0.1) is 0 Å². The Balaban J connectivity index is 1.46. The van der Waals surface area contributed by atoms with Gasteiger partial charge in [0.1, 0.15) is 5.75 Å². The van der Waals surface area contributed by atoms with Crippen LogP contribution in [-0.2, 0) is 6.42 Å². The third-order valence-electron chi connectivity index (χ3n) is 6.62. The van der Waals surface area contributed by atoms with Crippen molar-refractivity contribution in [2.24, 2.45) is 0 Å². The first-order valence-corrected chi connectivity index (χ1v) is 13.6. The summed E-state index contributed by atoms with van der Waals surface area (Å²) >= 11 is 0. The number of Topliss-reactive ketones (excluding diaryl/α,β-unsaturated/α-hetero) is 2. The quantitative estimate of drug-likeness (QED) is 0.116. The Bertz CT molecular complexity index is 1060. The van der Waals surface area contributed by atoms with Gasteiger partial charge in [-0.05, 0) is 60.7 Å². The van der Waals surface area contributed by atoms with E-state index >= 15 is 0 Å². The standard InChI is InChI=1S/C33H40O3/c1-3-5-6-7-8-9-10-11-12-26-13-15-27(16-14-26)28-17-19-29(20-18-28)32(34)25-33(35)30-21-23-31(24-22-30)36-4-2/h13-24H,3-12,25H2,1-2H3. The van der Waals surface area contributed by atoms with Crippen LogP contribution >= 0.6 is 0 Å². The Morgan fingerprint density at radius 2 is 1.06 bits per heavy atom. The summed E-state index contributed by atoms with van der Waals surface area (Å²) in [5.41, 5.74) is 4.67. The molecule has 0 aliphatic heterocycles. The minimum atomic E-state index is -0.181. The highest BCUT2D eigenvalue weighted by Gasteiger charge is 2.14. The molecular formula is C33H40O3. The lowest BCUT2D eigenvalue weighted by molar-refractivity contribution is 0.0894. The number of benzene rings is 3. The van der Waals surface area contributed by atoms with Crippen LogP contribution in [0.5, 0.6) is 5.75 Å². The molecule has 3 aromatic carbocycles. The van der Waals surface area contributed by atoms with E-state index in [4.69, 9.17) is 4.74 Å². The molecule has 0 heterocycles. The van der Waals surface area contributed by atoms with Crippen LogP contribution in [0.3, 0.4) is 0 Å². The summed E-state index contributed by atoms with van der Waals surface area (Å²) < 4.78 is 5.41. The Labute approximate surface area is 216 Å². The molecule has 0 spiro atoms. The number of rotatable bonds is 16. The third-order valence-corrected chi connectivity index (χ3v) is 6.62. The number of hydrogen-bond donors (Lipinski definition) is 0. The Morgan fingerprint density at radius 3 is 1.58 bits per heavy atom. The number of ether oxygens (including phenoxy) is 1. The number of ketones is 2. The summed E-state index contributed by atoms with van der Waals surface area (Å²) in [5, 5.41) is 0. The maximum Gasteiger partial charge on any atom is 0.170 e. The van der Waals surface area contributed by atoms with Gasteiger partial charge in [0.2, 0.25) is 0 Å². The zero-order valence-corrected chi connectivity index (χ0v) is 21.9. The molecule has 3 nitrogen and oxygen atoms in total. The van der Waals surface area contributed by atoms with E-state index in [2.05, 4.69) is 31.2 Å². The van der Waals surface area contributed by atoms with Crippen LogP contribution in [0, 0.1) is 0 Å². The van der Waals surface area contributed by atoms with Crippen molar-refractivity contribution < 1.29 is 14.3 Å². The molecular weight excluding hydrogens is 444 g/mol. The minimum Gasteiger partial charge on any atom is -0.494 e. The van der Waals surface area contributed by atoms with E-state index in [9.17, 15) is 9.59 Å². The Kier molecular flexibility index (Phi) is 11.4. The monoisotopic (exact) mass is 484 g/mol. The van der Waals surface area contributed by atoms with E-state index in [1.54, 1.807) is 24.3 Å². The fourth-order valence-corrected chi connectivity index (χ4v) is 4.43. The predicted molar refractivity (Wildman–Crippen MR) is 149 cm³/mol. The van der Waals surface area contributed by atoms with Crippen LogP contribution in [-0.4, -0.2) is 18.2 Å². The molecule has 0 aliphatic carbocycles. The van der Waals surface area contributed by atoms with Crippen LogP contribution < -0.4 is 4.74 Å².